The first-order valence-electron chi connectivity index (χ1n) is 10.2. The van der Waals surface area contributed by atoms with Gasteiger partial charge in [-0.2, -0.15) is 0 Å². The lowest BCUT2D eigenvalue weighted by molar-refractivity contribution is -0.143. The molecular formula is C24H22N2O4. The van der Waals surface area contributed by atoms with Gasteiger partial charge >= 0.3 is 6.09 Å². The molecule has 2 bridgehead atoms. The number of rotatable bonds is 5. The van der Waals surface area contributed by atoms with Gasteiger partial charge < -0.3 is 10.1 Å². The third-order valence-corrected chi connectivity index (χ3v) is 6.39. The molecule has 6 heteroatoms. The topological polar surface area (TPSA) is 75.7 Å². The Morgan fingerprint density at radius 1 is 0.933 bits per heavy atom. The number of ether oxygens (including phenoxy) is 1. The first kappa shape index (κ1) is 18.6. The van der Waals surface area contributed by atoms with E-state index in [-0.39, 0.29) is 42.0 Å². The van der Waals surface area contributed by atoms with Crippen LogP contribution in [0.5, 0.6) is 5.75 Å². The molecule has 5 atom stereocenters. The molecule has 1 saturated carbocycles. The summed E-state index contributed by atoms with van der Waals surface area (Å²) in [6.07, 6.45) is 4.42. The number of hydrogen-bond donors (Lipinski definition) is 1. The average molecular weight is 402 g/mol. The molecule has 1 saturated heterocycles. The summed E-state index contributed by atoms with van der Waals surface area (Å²) in [7, 11) is 0. The first-order valence-corrected chi connectivity index (χ1v) is 10.2. The zero-order chi connectivity index (χ0) is 20.7. The molecule has 2 aliphatic carbocycles. The number of hydrogen-bond acceptors (Lipinski definition) is 4. The van der Waals surface area contributed by atoms with Crippen molar-refractivity contribution in [2.75, 3.05) is 6.54 Å². The maximum absolute atomic E-state index is 13.3. The molecule has 0 spiro atoms. The number of fused-ring (bicyclic) bond motifs is 5. The van der Waals surface area contributed by atoms with Crippen molar-refractivity contribution in [3.63, 3.8) is 0 Å². The minimum Gasteiger partial charge on any atom is -0.410 e. The minimum atomic E-state index is -0.622. The quantitative estimate of drug-likeness (QED) is 0.615. The van der Waals surface area contributed by atoms with Crippen molar-refractivity contribution in [2.45, 2.75) is 12.5 Å². The third-order valence-electron chi connectivity index (χ3n) is 6.39. The van der Waals surface area contributed by atoms with Crippen LogP contribution in [0.4, 0.5) is 4.79 Å². The van der Waals surface area contributed by atoms with Crippen LogP contribution in [-0.4, -0.2) is 29.4 Å². The van der Waals surface area contributed by atoms with Gasteiger partial charge in [0.15, 0.2) is 0 Å². The van der Waals surface area contributed by atoms with Gasteiger partial charge in [-0.1, -0.05) is 60.7 Å². The van der Waals surface area contributed by atoms with Crippen molar-refractivity contribution >= 4 is 17.9 Å². The van der Waals surface area contributed by atoms with Gasteiger partial charge in [-0.3, -0.25) is 14.5 Å². The van der Waals surface area contributed by atoms with Crippen molar-refractivity contribution in [1.29, 1.82) is 0 Å². The lowest BCUT2D eigenvalue weighted by Gasteiger charge is -2.28. The van der Waals surface area contributed by atoms with Crippen molar-refractivity contribution in [2.24, 2.45) is 23.7 Å². The Hall–Kier alpha value is -3.41. The van der Waals surface area contributed by atoms with E-state index in [9.17, 15) is 14.4 Å². The molecule has 3 aliphatic rings. The van der Waals surface area contributed by atoms with E-state index in [1.165, 1.54) is 4.90 Å². The largest absolute Gasteiger partial charge is 0.412 e. The smallest absolute Gasteiger partial charge is 0.410 e. The molecule has 2 aromatic carbocycles. The monoisotopic (exact) mass is 402 g/mol. The summed E-state index contributed by atoms with van der Waals surface area (Å²) in [6, 6.07) is 17.5. The Morgan fingerprint density at radius 2 is 1.50 bits per heavy atom. The summed E-state index contributed by atoms with van der Waals surface area (Å²) in [5.41, 5.74) is 0.805. The second-order valence-corrected chi connectivity index (χ2v) is 8.06. The number of carbonyl (C=O) groups excluding carboxylic acids is 3. The number of carbonyl (C=O) groups is 3. The fraction of sp³-hybridized carbons (Fsp3) is 0.292. The maximum atomic E-state index is 13.3. The second-order valence-electron chi connectivity index (χ2n) is 8.06. The normalized spacial score (nSPS) is 27.3. The molecule has 1 aliphatic heterocycles. The van der Waals surface area contributed by atoms with E-state index in [1.54, 1.807) is 24.3 Å². The zero-order valence-corrected chi connectivity index (χ0v) is 16.3. The standard InChI is InChI=1S/C24H22N2O4/c27-22-20-16-11-12-17(13-16)21(20)23(28)26(22)19(15-7-3-1-4-8-15)14-25-24(29)30-18-9-5-2-6-10-18/h1-12,16-17,19-21H,13-14H2,(H,25,29). The summed E-state index contributed by atoms with van der Waals surface area (Å²) in [6.45, 7) is 0.0926. The fourth-order valence-electron chi connectivity index (χ4n) is 5.08. The van der Waals surface area contributed by atoms with Gasteiger partial charge in [0.25, 0.3) is 0 Å². The number of likely N-dealkylation sites (tertiary alicyclic amines) is 1. The van der Waals surface area contributed by atoms with E-state index >= 15 is 0 Å². The molecule has 1 N–H and O–H groups in total. The predicted molar refractivity (Wildman–Crippen MR) is 109 cm³/mol. The highest BCUT2D eigenvalue weighted by molar-refractivity contribution is 6.06. The number of benzene rings is 2. The van der Waals surface area contributed by atoms with Crippen LogP contribution in [0.1, 0.15) is 18.0 Å². The Morgan fingerprint density at radius 3 is 2.10 bits per heavy atom. The number of nitrogens with zero attached hydrogens (tertiary/aromatic N) is 1. The van der Waals surface area contributed by atoms with Crippen molar-refractivity contribution in [3.8, 4) is 5.75 Å². The zero-order valence-electron chi connectivity index (χ0n) is 16.3. The summed E-state index contributed by atoms with van der Waals surface area (Å²) in [5, 5.41) is 2.73. The summed E-state index contributed by atoms with van der Waals surface area (Å²) < 4.78 is 5.29. The van der Waals surface area contributed by atoms with Crippen LogP contribution in [0.2, 0.25) is 0 Å². The van der Waals surface area contributed by atoms with E-state index in [1.807, 2.05) is 36.4 Å². The SMILES string of the molecule is O=C(NCC(c1ccccc1)N1C(=O)C2C3C=CC(C3)C2C1=O)Oc1ccccc1. The summed E-state index contributed by atoms with van der Waals surface area (Å²) in [4.78, 5) is 40.2. The van der Waals surface area contributed by atoms with Gasteiger partial charge in [-0.15, -0.1) is 0 Å². The first-order chi connectivity index (χ1) is 14.6. The molecule has 30 heavy (non-hydrogen) atoms. The van der Waals surface area contributed by atoms with Crippen LogP contribution in [0.15, 0.2) is 72.8 Å². The van der Waals surface area contributed by atoms with Crippen LogP contribution in [0, 0.1) is 23.7 Å². The summed E-state index contributed by atoms with van der Waals surface area (Å²) in [5.74, 6) is -0.0765. The Bertz CT molecular complexity index is 974. The van der Waals surface area contributed by atoms with Crippen LogP contribution in [-0.2, 0) is 9.59 Å². The van der Waals surface area contributed by atoms with Crippen molar-refractivity contribution < 1.29 is 19.1 Å². The Balaban J connectivity index is 1.36. The number of allylic oxidation sites excluding steroid dienone is 2. The van der Waals surface area contributed by atoms with Gasteiger partial charge in [-0.05, 0) is 36.0 Å². The molecule has 152 valence electrons. The molecular weight excluding hydrogens is 380 g/mol. The van der Waals surface area contributed by atoms with Crippen LogP contribution < -0.4 is 10.1 Å². The van der Waals surface area contributed by atoms with E-state index in [0.717, 1.165) is 12.0 Å². The number of imide groups is 1. The van der Waals surface area contributed by atoms with Crippen molar-refractivity contribution in [1.82, 2.24) is 10.2 Å². The van der Waals surface area contributed by atoms with Gasteiger partial charge in [0.05, 0.1) is 17.9 Å². The Labute approximate surface area is 174 Å². The van der Waals surface area contributed by atoms with Gasteiger partial charge in [-0.25, -0.2) is 4.79 Å². The van der Waals surface area contributed by atoms with E-state index < -0.39 is 12.1 Å². The fourth-order valence-corrected chi connectivity index (χ4v) is 5.08. The van der Waals surface area contributed by atoms with E-state index in [0.29, 0.717) is 5.75 Å². The molecule has 5 rings (SSSR count). The predicted octanol–water partition coefficient (Wildman–Crippen LogP) is 3.32. The molecule has 1 heterocycles. The van der Waals surface area contributed by atoms with Gasteiger partial charge in [0.2, 0.25) is 11.8 Å². The van der Waals surface area contributed by atoms with Crippen molar-refractivity contribution in [3.05, 3.63) is 78.4 Å². The molecule has 2 aromatic rings. The maximum Gasteiger partial charge on any atom is 0.412 e. The number of nitrogens with one attached hydrogen (secondary N) is 1. The molecule has 6 nitrogen and oxygen atoms in total. The Kier molecular flexibility index (Phi) is 4.62. The lowest BCUT2D eigenvalue weighted by atomic mass is 9.85. The van der Waals surface area contributed by atoms with Gasteiger partial charge in [0, 0.05) is 6.54 Å². The summed E-state index contributed by atoms with van der Waals surface area (Å²) >= 11 is 0. The molecule has 0 aromatic heterocycles. The number of para-hydroxylation sites is 1. The minimum absolute atomic E-state index is 0.0926. The molecule has 2 fully saturated rings. The van der Waals surface area contributed by atoms with Gasteiger partial charge in [0.1, 0.15) is 5.75 Å². The molecule has 0 radical (unpaired) electrons. The van der Waals surface area contributed by atoms with Crippen LogP contribution >= 0.6 is 0 Å². The average Bonchev–Trinajstić information content (AvgIpc) is 3.45. The lowest BCUT2D eigenvalue weighted by Crippen LogP contribution is -2.43. The van der Waals surface area contributed by atoms with E-state index in [2.05, 4.69) is 17.5 Å². The second kappa shape index (κ2) is 7.44. The van der Waals surface area contributed by atoms with Crippen LogP contribution in [0.3, 0.4) is 0 Å². The third kappa shape index (κ3) is 3.09. The van der Waals surface area contributed by atoms with E-state index in [4.69, 9.17) is 4.74 Å². The van der Waals surface area contributed by atoms with Crippen LogP contribution in [0.25, 0.3) is 0 Å². The number of amides is 3. The highest BCUT2D eigenvalue weighted by atomic mass is 16.6. The highest BCUT2D eigenvalue weighted by Crippen LogP contribution is 2.53. The molecule has 5 unspecified atom stereocenters. The highest BCUT2D eigenvalue weighted by Gasteiger charge is 2.60. The molecule has 3 amide bonds.